The summed E-state index contributed by atoms with van der Waals surface area (Å²) in [6.45, 7) is 0. The van der Waals surface area contributed by atoms with Gasteiger partial charge in [0.05, 0.1) is 23.5 Å². The number of carbonyl (C=O) groups excluding carboxylic acids is 1. The summed E-state index contributed by atoms with van der Waals surface area (Å²) in [7, 11) is 0. The van der Waals surface area contributed by atoms with Crippen LogP contribution in [0.25, 0.3) is 16.6 Å². The van der Waals surface area contributed by atoms with Crippen molar-refractivity contribution < 1.29 is 4.79 Å². The molecule has 4 N–H and O–H groups in total. The van der Waals surface area contributed by atoms with Crippen molar-refractivity contribution >= 4 is 17.1 Å². The SMILES string of the molecule is NC(=O)c1cnn2cncc2c1-c1ccccc1N. The number of aromatic nitrogens is 3. The topological polar surface area (TPSA) is 99.3 Å². The van der Waals surface area contributed by atoms with Gasteiger partial charge in [-0.1, -0.05) is 18.2 Å². The summed E-state index contributed by atoms with van der Waals surface area (Å²) >= 11 is 0. The minimum absolute atomic E-state index is 0.325. The number of imidazole rings is 1. The van der Waals surface area contributed by atoms with E-state index < -0.39 is 5.91 Å². The van der Waals surface area contributed by atoms with E-state index in [1.54, 1.807) is 23.1 Å². The number of para-hydroxylation sites is 1. The molecule has 6 heteroatoms. The lowest BCUT2D eigenvalue weighted by Gasteiger charge is -2.10. The molecule has 0 aliphatic heterocycles. The first-order valence-corrected chi connectivity index (χ1v) is 5.64. The Morgan fingerprint density at radius 1 is 1.21 bits per heavy atom. The smallest absolute Gasteiger partial charge is 0.251 e. The van der Waals surface area contributed by atoms with Crippen molar-refractivity contribution in [3.8, 4) is 11.1 Å². The molecular formula is C13H11N5O. The number of nitrogens with two attached hydrogens (primary N) is 2. The molecule has 19 heavy (non-hydrogen) atoms. The van der Waals surface area contributed by atoms with E-state index in [9.17, 15) is 4.79 Å². The molecule has 2 heterocycles. The van der Waals surface area contributed by atoms with E-state index in [-0.39, 0.29) is 0 Å². The van der Waals surface area contributed by atoms with Crippen molar-refractivity contribution in [1.29, 1.82) is 0 Å². The quantitative estimate of drug-likeness (QED) is 0.667. The maximum absolute atomic E-state index is 11.6. The second kappa shape index (κ2) is 4.09. The highest BCUT2D eigenvalue weighted by Crippen LogP contribution is 2.31. The van der Waals surface area contributed by atoms with Crippen LogP contribution in [-0.2, 0) is 0 Å². The third-order valence-electron chi connectivity index (χ3n) is 2.95. The average Bonchev–Trinajstić information content (AvgIpc) is 2.86. The Labute approximate surface area is 108 Å². The number of anilines is 1. The maximum Gasteiger partial charge on any atom is 0.251 e. The molecule has 0 atom stereocenters. The Bertz CT molecular complexity index is 778. The molecule has 0 saturated carbocycles. The molecule has 94 valence electrons. The van der Waals surface area contributed by atoms with Gasteiger partial charge in [0, 0.05) is 16.8 Å². The predicted molar refractivity (Wildman–Crippen MR) is 71.4 cm³/mol. The van der Waals surface area contributed by atoms with E-state index in [4.69, 9.17) is 11.5 Å². The van der Waals surface area contributed by atoms with Crippen LogP contribution in [0, 0.1) is 0 Å². The van der Waals surface area contributed by atoms with Gasteiger partial charge >= 0.3 is 0 Å². The van der Waals surface area contributed by atoms with Gasteiger partial charge in [-0.05, 0) is 6.07 Å². The highest BCUT2D eigenvalue weighted by Gasteiger charge is 2.17. The second-order valence-electron chi connectivity index (χ2n) is 4.11. The van der Waals surface area contributed by atoms with Crippen LogP contribution in [0.3, 0.4) is 0 Å². The van der Waals surface area contributed by atoms with Gasteiger partial charge in [0.25, 0.3) is 5.91 Å². The highest BCUT2D eigenvalue weighted by molar-refractivity contribution is 6.05. The van der Waals surface area contributed by atoms with Crippen LogP contribution >= 0.6 is 0 Å². The summed E-state index contributed by atoms with van der Waals surface area (Å²) in [4.78, 5) is 15.6. The molecule has 3 rings (SSSR count). The van der Waals surface area contributed by atoms with Crippen molar-refractivity contribution in [3.05, 3.63) is 48.5 Å². The van der Waals surface area contributed by atoms with Crippen molar-refractivity contribution in [3.63, 3.8) is 0 Å². The van der Waals surface area contributed by atoms with Gasteiger partial charge in [-0.3, -0.25) is 4.79 Å². The van der Waals surface area contributed by atoms with E-state index in [0.29, 0.717) is 22.3 Å². The molecule has 0 unspecified atom stereocenters. The van der Waals surface area contributed by atoms with Crippen LogP contribution in [0.5, 0.6) is 0 Å². The maximum atomic E-state index is 11.6. The molecule has 0 aliphatic rings. The zero-order chi connectivity index (χ0) is 13.4. The Morgan fingerprint density at radius 3 is 2.74 bits per heavy atom. The number of hydrogen-bond acceptors (Lipinski definition) is 4. The number of amides is 1. The minimum Gasteiger partial charge on any atom is -0.398 e. The lowest BCUT2D eigenvalue weighted by molar-refractivity contribution is 0.100. The highest BCUT2D eigenvalue weighted by atomic mass is 16.1. The molecular weight excluding hydrogens is 242 g/mol. The number of fused-ring (bicyclic) bond motifs is 1. The number of nitrogens with zero attached hydrogens (tertiary/aromatic N) is 3. The molecule has 6 nitrogen and oxygen atoms in total. The molecule has 0 bridgehead atoms. The van der Waals surface area contributed by atoms with Crippen molar-refractivity contribution in [2.75, 3.05) is 5.73 Å². The lowest BCUT2D eigenvalue weighted by atomic mass is 9.99. The Hall–Kier alpha value is -2.89. The molecule has 0 fully saturated rings. The van der Waals surface area contributed by atoms with Crippen LogP contribution in [-0.4, -0.2) is 20.5 Å². The third kappa shape index (κ3) is 1.70. The number of primary amides is 1. The normalized spacial score (nSPS) is 10.7. The van der Waals surface area contributed by atoms with Crippen LogP contribution in [0.2, 0.25) is 0 Å². The summed E-state index contributed by atoms with van der Waals surface area (Å²) in [5.74, 6) is -0.547. The summed E-state index contributed by atoms with van der Waals surface area (Å²) in [5, 5.41) is 4.09. The van der Waals surface area contributed by atoms with Gasteiger partial charge in [-0.2, -0.15) is 5.10 Å². The summed E-state index contributed by atoms with van der Waals surface area (Å²) in [6, 6.07) is 7.29. The molecule has 3 aromatic rings. The predicted octanol–water partition coefficient (Wildman–Crippen LogP) is 1.08. The fourth-order valence-electron chi connectivity index (χ4n) is 2.08. The van der Waals surface area contributed by atoms with Crippen molar-refractivity contribution in [2.24, 2.45) is 5.73 Å². The largest absolute Gasteiger partial charge is 0.398 e. The Balaban J connectivity index is 2.43. The molecule has 1 amide bonds. The minimum atomic E-state index is -0.547. The second-order valence-corrected chi connectivity index (χ2v) is 4.11. The van der Waals surface area contributed by atoms with Gasteiger partial charge in [-0.15, -0.1) is 0 Å². The first kappa shape index (κ1) is 11.2. The summed E-state index contributed by atoms with van der Waals surface area (Å²) in [6.07, 6.45) is 4.61. The third-order valence-corrected chi connectivity index (χ3v) is 2.95. The van der Waals surface area contributed by atoms with Gasteiger partial charge in [0.1, 0.15) is 6.33 Å². The molecule has 2 aromatic heterocycles. The fraction of sp³-hybridized carbons (Fsp3) is 0. The van der Waals surface area contributed by atoms with Gasteiger partial charge < -0.3 is 11.5 Å². The van der Waals surface area contributed by atoms with E-state index in [1.807, 2.05) is 18.2 Å². The molecule has 0 spiro atoms. The molecule has 0 radical (unpaired) electrons. The van der Waals surface area contributed by atoms with E-state index in [1.165, 1.54) is 6.20 Å². The Morgan fingerprint density at radius 2 is 2.00 bits per heavy atom. The summed E-state index contributed by atoms with van der Waals surface area (Å²) in [5.41, 5.74) is 14.4. The summed E-state index contributed by atoms with van der Waals surface area (Å²) < 4.78 is 1.58. The number of nitrogen functional groups attached to an aromatic ring is 1. The van der Waals surface area contributed by atoms with E-state index >= 15 is 0 Å². The molecule has 0 aliphatic carbocycles. The number of carbonyl (C=O) groups is 1. The first-order valence-electron chi connectivity index (χ1n) is 5.64. The van der Waals surface area contributed by atoms with Crippen LogP contribution in [0.15, 0.2) is 43.0 Å². The van der Waals surface area contributed by atoms with Gasteiger partial charge in [0.2, 0.25) is 0 Å². The van der Waals surface area contributed by atoms with Gasteiger partial charge in [-0.25, -0.2) is 9.50 Å². The lowest BCUT2D eigenvalue weighted by Crippen LogP contribution is -2.14. The first-order chi connectivity index (χ1) is 9.18. The number of benzene rings is 1. The standard InChI is InChI=1S/C13H11N5O/c14-10-4-2-1-3-8(10)12-9(13(15)19)5-17-18-7-16-6-11(12)18/h1-7H,14H2,(H2,15,19). The van der Waals surface area contributed by atoms with Gasteiger partial charge in [0.15, 0.2) is 0 Å². The number of hydrogen-bond donors (Lipinski definition) is 2. The van der Waals surface area contributed by atoms with Crippen molar-refractivity contribution in [1.82, 2.24) is 14.6 Å². The average molecular weight is 253 g/mol. The molecule has 0 saturated heterocycles. The zero-order valence-electron chi connectivity index (χ0n) is 9.95. The van der Waals surface area contributed by atoms with Crippen LogP contribution in [0.1, 0.15) is 10.4 Å². The molecule has 1 aromatic carbocycles. The Kier molecular flexibility index (Phi) is 2.42. The zero-order valence-corrected chi connectivity index (χ0v) is 9.95. The van der Waals surface area contributed by atoms with Crippen molar-refractivity contribution in [2.45, 2.75) is 0 Å². The van der Waals surface area contributed by atoms with Crippen LogP contribution in [0.4, 0.5) is 5.69 Å². The number of rotatable bonds is 2. The van der Waals surface area contributed by atoms with Crippen LogP contribution < -0.4 is 11.5 Å². The van der Waals surface area contributed by atoms with E-state index in [2.05, 4.69) is 10.1 Å². The van der Waals surface area contributed by atoms with E-state index in [0.717, 1.165) is 5.56 Å². The monoisotopic (exact) mass is 253 g/mol. The fourth-order valence-corrected chi connectivity index (χ4v) is 2.08.